The number of carbonyl (C=O) groups is 2. The predicted octanol–water partition coefficient (Wildman–Crippen LogP) is 3.67. The van der Waals surface area contributed by atoms with E-state index >= 15 is 0 Å². The molecule has 0 unspecified atom stereocenters. The molecule has 8 nitrogen and oxygen atoms in total. The number of rotatable bonds is 5. The van der Waals surface area contributed by atoms with Crippen molar-refractivity contribution >= 4 is 26.0 Å². The van der Waals surface area contributed by atoms with Crippen LogP contribution in [-0.4, -0.2) is 49.5 Å². The van der Waals surface area contributed by atoms with Crippen LogP contribution in [0.25, 0.3) is 0 Å². The van der Waals surface area contributed by atoms with Crippen molar-refractivity contribution in [1.29, 1.82) is 0 Å². The maximum Gasteiger partial charge on any atom is 0.404 e. The van der Waals surface area contributed by atoms with Crippen molar-refractivity contribution in [3.63, 3.8) is 0 Å². The van der Waals surface area contributed by atoms with Crippen molar-refractivity contribution in [2.45, 2.75) is 77.2 Å². The zero-order valence-electron chi connectivity index (χ0n) is 19.5. The van der Waals surface area contributed by atoms with Gasteiger partial charge in [0.1, 0.15) is 0 Å². The lowest BCUT2D eigenvalue weighted by molar-refractivity contribution is 0.0999. The molecule has 0 radical (unpaired) electrons. The molecule has 1 aromatic rings. The van der Waals surface area contributed by atoms with Gasteiger partial charge in [0.25, 0.3) is 5.91 Å². The van der Waals surface area contributed by atoms with Crippen LogP contribution in [0.3, 0.4) is 0 Å². The molecule has 1 saturated heterocycles. The zero-order chi connectivity index (χ0) is 23.1. The van der Waals surface area contributed by atoms with E-state index in [4.69, 9.17) is 10.2 Å². The second-order valence-electron chi connectivity index (χ2n) is 10.5. The molecule has 1 fully saturated rings. The van der Waals surface area contributed by atoms with Crippen molar-refractivity contribution < 1.29 is 19.1 Å². The zero-order valence-corrected chi connectivity index (χ0v) is 20.5. The number of nitrogens with zero attached hydrogens (tertiary/aromatic N) is 2. The van der Waals surface area contributed by atoms with E-state index in [0.29, 0.717) is 12.1 Å². The van der Waals surface area contributed by atoms with Gasteiger partial charge in [-0.3, -0.25) is 9.78 Å². The van der Waals surface area contributed by atoms with Gasteiger partial charge in [0.15, 0.2) is 8.32 Å². The summed E-state index contributed by atoms with van der Waals surface area (Å²) >= 11 is 0. The number of hydrogen-bond acceptors (Lipinski definition) is 5. The van der Waals surface area contributed by atoms with Crippen molar-refractivity contribution in [3.05, 3.63) is 23.0 Å². The fraction of sp³-hybridized carbons (Fsp3) is 0.682. The molecule has 3 rings (SSSR count). The van der Waals surface area contributed by atoms with E-state index in [1.165, 1.54) is 0 Å². The summed E-state index contributed by atoms with van der Waals surface area (Å²) in [4.78, 5) is 30.2. The van der Waals surface area contributed by atoms with E-state index in [0.717, 1.165) is 42.8 Å². The van der Waals surface area contributed by atoms with Crippen LogP contribution in [0.5, 0.6) is 0 Å². The molecule has 4 N–H and O–H groups in total. The average molecular weight is 449 g/mol. The first-order chi connectivity index (χ1) is 14.3. The molecule has 2 amide bonds. The number of carbonyl (C=O) groups excluding carboxylic acids is 1. The van der Waals surface area contributed by atoms with Crippen LogP contribution in [0.1, 0.15) is 68.3 Å². The van der Waals surface area contributed by atoms with Crippen LogP contribution >= 0.6 is 0 Å². The largest absolute Gasteiger partial charge is 0.465 e. The number of carboxylic acid groups (broad SMARTS) is 1. The number of piperidine rings is 1. The van der Waals surface area contributed by atoms with Gasteiger partial charge in [-0.1, -0.05) is 27.7 Å². The number of aromatic nitrogens is 1. The van der Waals surface area contributed by atoms with Gasteiger partial charge in [-0.05, 0) is 43.3 Å². The minimum Gasteiger partial charge on any atom is -0.465 e. The standard InChI is InChI=1S/C22H36N4O4Si/c1-13-9-14(25-21(28)29)12-26(11-13)19-15-7-8-17(30-31(5,6)22(2,3)4)18(15)24-10-16(19)20(23)27/h10,13-14,17,25H,7-9,11-12H2,1-6H3,(H2,23,27)(H,28,29)/t13-,14+,17-/m1/s1. The Balaban J connectivity index is 1.99. The lowest BCUT2D eigenvalue weighted by Crippen LogP contribution is -2.50. The summed E-state index contributed by atoms with van der Waals surface area (Å²) in [6.07, 6.45) is 2.80. The molecule has 3 atom stereocenters. The first kappa shape index (κ1) is 23.5. The van der Waals surface area contributed by atoms with Crippen LogP contribution in [-0.2, 0) is 10.8 Å². The van der Waals surface area contributed by atoms with E-state index in [9.17, 15) is 14.7 Å². The van der Waals surface area contributed by atoms with Gasteiger partial charge in [-0.15, -0.1) is 0 Å². The summed E-state index contributed by atoms with van der Waals surface area (Å²) in [5.41, 5.74) is 8.84. The highest BCUT2D eigenvalue weighted by Gasteiger charge is 2.42. The van der Waals surface area contributed by atoms with E-state index in [1.807, 2.05) is 0 Å². The Morgan fingerprint density at radius 3 is 2.58 bits per heavy atom. The number of anilines is 1. The molecule has 0 bridgehead atoms. The monoisotopic (exact) mass is 448 g/mol. The van der Waals surface area contributed by atoms with E-state index in [-0.39, 0.29) is 23.1 Å². The Morgan fingerprint density at radius 2 is 2.00 bits per heavy atom. The van der Waals surface area contributed by atoms with E-state index in [2.05, 4.69) is 56.0 Å². The third-order valence-corrected chi connectivity index (χ3v) is 11.4. The smallest absolute Gasteiger partial charge is 0.404 e. The van der Waals surface area contributed by atoms with Crippen molar-refractivity contribution in [3.8, 4) is 0 Å². The molecule has 9 heteroatoms. The summed E-state index contributed by atoms with van der Waals surface area (Å²) < 4.78 is 6.68. The van der Waals surface area contributed by atoms with Crippen molar-refractivity contribution in [1.82, 2.24) is 10.3 Å². The van der Waals surface area contributed by atoms with Crippen LogP contribution in [0.2, 0.25) is 18.1 Å². The summed E-state index contributed by atoms with van der Waals surface area (Å²) in [6, 6.07) is -0.202. The number of nitrogens with two attached hydrogens (primary N) is 1. The Hall–Kier alpha value is -2.13. The second kappa shape index (κ2) is 8.42. The second-order valence-corrected chi connectivity index (χ2v) is 15.3. The predicted molar refractivity (Wildman–Crippen MR) is 123 cm³/mol. The topological polar surface area (TPSA) is 118 Å². The number of fused-ring (bicyclic) bond motifs is 1. The summed E-state index contributed by atoms with van der Waals surface area (Å²) in [6.45, 7) is 14.5. The average Bonchev–Trinajstić information content (AvgIpc) is 3.01. The lowest BCUT2D eigenvalue weighted by atomic mass is 9.94. The van der Waals surface area contributed by atoms with Gasteiger partial charge in [-0.25, -0.2) is 4.79 Å². The molecule has 2 aliphatic rings. The molecule has 1 aliphatic heterocycles. The molecule has 0 aromatic carbocycles. The molecular weight excluding hydrogens is 412 g/mol. The fourth-order valence-corrected chi connectivity index (χ4v) is 5.79. The fourth-order valence-electron chi connectivity index (χ4n) is 4.50. The maximum atomic E-state index is 12.3. The Morgan fingerprint density at radius 1 is 1.32 bits per heavy atom. The molecular formula is C22H36N4O4Si. The number of pyridine rings is 1. The Kier molecular flexibility index (Phi) is 6.39. The molecule has 0 spiro atoms. The van der Waals surface area contributed by atoms with Gasteiger partial charge >= 0.3 is 6.09 Å². The molecule has 2 heterocycles. The highest BCUT2D eigenvalue weighted by atomic mass is 28.4. The molecule has 0 saturated carbocycles. The van der Waals surface area contributed by atoms with Crippen molar-refractivity contribution in [2.75, 3.05) is 18.0 Å². The number of hydrogen-bond donors (Lipinski definition) is 3. The summed E-state index contributed by atoms with van der Waals surface area (Å²) in [7, 11) is -1.99. The molecule has 172 valence electrons. The molecule has 31 heavy (non-hydrogen) atoms. The van der Waals surface area contributed by atoms with Gasteiger partial charge < -0.3 is 25.5 Å². The van der Waals surface area contributed by atoms with E-state index in [1.54, 1.807) is 6.20 Å². The van der Waals surface area contributed by atoms with Gasteiger partial charge in [0.05, 0.1) is 23.0 Å². The molecule has 1 aliphatic carbocycles. The summed E-state index contributed by atoms with van der Waals surface area (Å²) in [5, 5.41) is 11.9. The Bertz CT molecular complexity index is 868. The normalized spacial score (nSPS) is 24.1. The highest BCUT2D eigenvalue weighted by Crippen LogP contribution is 2.45. The van der Waals surface area contributed by atoms with E-state index < -0.39 is 20.3 Å². The SMILES string of the molecule is C[C@@H]1C[C@H](NC(=O)O)CN(c2c(C(N)=O)cnc3c2CC[C@H]3O[Si](C)(C)C(C)(C)C)C1. The number of primary amides is 1. The molecule has 1 aromatic heterocycles. The van der Waals surface area contributed by atoms with Crippen LogP contribution in [0, 0.1) is 5.92 Å². The first-order valence-electron chi connectivity index (χ1n) is 11.0. The first-order valence-corrected chi connectivity index (χ1v) is 13.9. The van der Waals surface area contributed by atoms with Gasteiger partial charge in [0.2, 0.25) is 0 Å². The maximum absolute atomic E-state index is 12.3. The highest BCUT2D eigenvalue weighted by molar-refractivity contribution is 6.74. The third kappa shape index (κ3) is 4.87. The van der Waals surface area contributed by atoms with Crippen LogP contribution in [0.15, 0.2) is 6.20 Å². The minimum absolute atomic E-state index is 0.0871. The quantitative estimate of drug-likeness (QED) is 0.592. The summed E-state index contributed by atoms with van der Waals surface area (Å²) in [5.74, 6) is -0.240. The van der Waals surface area contributed by atoms with Gasteiger partial charge in [0, 0.05) is 30.9 Å². The van der Waals surface area contributed by atoms with Crippen LogP contribution in [0.4, 0.5) is 10.5 Å². The van der Waals surface area contributed by atoms with Gasteiger partial charge in [-0.2, -0.15) is 0 Å². The lowest BCUT2D eigenvalue weighted by Gasteiger charge is -2.40. The van der Waals surface area contributed by atoms with Crippen molar-refractivity contribution in [2.24, 2.45) is 11.7 Å². The Labute approximate surface area is 185 Å². The number of nitrogens with one attached hydrogen (secondary N) is 1. The number of amides is 2. The van der Waals surface area contributed by atoms with Crippen LogP contribution < -0.4 is 16.0 Å². The third-order valence-electron chi connectivity index (χ3n) is 6.96. The minimum atomic E-state index is -1.99.